The molecule has 0 aromatic heterocycles. The highest BCUT2D eigenvalue weighted by Crippen LogP contribution is 2.17. The smallest absolute Gasteiger partial charge is 0.258 e. The summed E-state index contributed by atoms with van der Waals surface area (Å²) >= 11 is 0. The van der Waals surface area contributed by atoms with Crippen molar-refractivity contribution in [3.05, 3.63) is 59.7 Å². The molecular weight excluding hydrogens is 340 g/mol. The Morgan fingerprint density at radius 3 is 2.37 bits per heavy atom. The average Bonchev–Trinajstić information content (AvgIpc) is 3.15. The highest BCUT2D eigenvalue weighted by molar-refractivity contribution is 5.94. The highest BCUT2D eigenvalue weighted by atomic mass is 16.5. The molecule has 1 heterocycles. The maximum atomic E-state index is 11.6. The first-order valence-corrected chi connectivity index (χ1v) is 9.24. The Labute approximate surface area is 160 Å². The molecule has 0 radical (unpaired) electrons. The van der Waals surface area contributed by atoms with Gasteiger partial charge in [0.2, 0.25) is 0 Å². The predicted molar refractivity (Wildman–Crippen MR) is 108 cm³/mol. The lowest BCUT2D eigenvalue weighted by molar-refractivity contribution is -0.123. The molecular formula is C21H26N4O2. The van der Waals surface area contributed by atoms with Crippen molar-refractivity contribution in [2.45, 2.75) is 26.3 Å². The van der Waals surface area contributed by atoms with Crippen molar-refractivity contribution < 1.29 is 9.53 Å². The Kier molecular flexibility index (Phi) is 6.30. The number of rotatable bonds is 7. The van der Waals surface area contributed by atoms with Crippen molar-refractivity contribution in [1.82, 2.24) is 10.6 Å². The first kappa shape index (κ1) is 18.8. The van der Waals surface area contributed by atoms with Crippen LogP contribution in [0.25, 0.3) is 0 Å². The van der Waals surface area contributed by atoms with Gasteiger partial charge in [-0.3, -0.25) is 9.79 Å². The number of amides is 1. The average molecular weight is 366 g/mol. The van der Waals surface area contributed by atoms with Crippen LogP contribution in [0.5, 0.6) is 5.75 Å². The van der Waals surface area contributed by atoms with E-state index in [1.54, 1.807) is 0 Å². The molecule has 142 valence electrons. The fraction of sp³-hybridized carbons (Fsp3) is 0.333. The summed E-state index contributed by atoms with van der Waals surface area (Å²) in [6, 6.07) is 16.3. The summed E-state index contributed by atoms with van der Waals surface area (Å²) < 4.78 is 5.52. The number of ether oxygens (including phenoxy) is 1. The Morgan fingerprint density at radius 2 is 1.78 bits per heavy atom. The van der Waals surface area contributed by atoms with Gasteiger partial charge in [0, 0.05) is 18.3 Å². The molecule has 1 aliphatic rings. The number of hydrogen-bond donors (Lipinski definition) is 3. The van der Waals surface area contributed by atoms with Gasteiger partial charge < -0.3 is 20.7 Å². The molecule has 0 bridgehead atoms. The summed E-state index contributed by atoms with van der Waals surface area (Å²) in [5.74, 6) is 1.42. The van der Waals surface area contributed by atoms with Gasteiger partial charge in [0.15, 0.2) is 12.6 Å². The van der Waals surface area contributed by atoms with Crippen molar-refractivity contribution in [3.8, 4) is 5.75 Å². The molecule has 0 unspecified atom stereocenters. The minimum Gasteiger partial charge on any atom is -0.484 e. The monoisotopic (exact) mass is 366 g/mol. The molecule has 0 aliphatic carbocycles. The van der Waals surface area contributed by atoms with Crippen LogP contribution in [-0.2, 0) is 11.2 Å². The fourth-order valence-electron chi connectivity index (χ4n) is 2.78. The molecule has 0 saturated heterocycles. The maximum absolute atomic E-state index is 11.6. The van der Waals surface area contributed by atoms with Crippen LogP contribution in [0.1, 0.15) is 25.0 Å². The van der Waals surface area contributed by atoms with Crippen molar-refractivity contribution >= 4 is 17.6 Å². The Bertz CT molecular complexity index is 783. The zero-order valence-electron chi connectivity index (χ0n) is 15.8. The Morgan fingerprint density at radius 1 is 1.11 bits per heavy atom. The normalized spacial score (nSPS) is 13.1. The maximum Gasteiger partial charge on any atom is 0.258 e. The SMILES string of the molecule is CC(C)NC(=O)COc1ccc(Cc2ccc(NC3=NCCN3)cc2)cc1. The van der Waals surface area contributed by atoms with Crippen LogP contribution < -0.4 is 20.7 Å². The van der Waals surface area contributed by atoms with Crippen LogP contribution in [0.15, 0.2) is 53.5 Å². The van der Waals surface area contributed by atoms with Crippen LogP contribution in [-0.4, -0.2) is 37.6 Å². The molecule has 6 nitrogen and oxygen atoms in total. The van der Waals surface area contributed by atoms with Crippen molar-refractivity contribution in [1.29, 1.82) is 0 Å². The summed E-state index contributed by atoms with van der Waals surface area (Å²) in [4.78, 5) is 15.9. The third-order valence-electron chi connectivity index (χ3n) is 4.04. The van der Waals surface area contributed by atoms with E-state index in [-0.39, 0.29) is 18.6 Å². The highest BCUT2D eigenvalue weighted by Gasteiger charge is 2.06. The van der Waals surface area contributed by atoms with Crippen LogP contribution in [0.4, 0.5) is 5.69 Å². The van der Waals surface area contributed by atoms with Gasteiger partial charge in [-0.25, -0.2) is 0 Å². The molecule has 0 spiro atoms. The van der Waals surface area contributed by atoms with Crippen LogP contribution in [0, 0.1) is 0 Å². The van der Waals surface area contributed by atoms with Gasteiger partial charge in [-0.1, -0.05) is 24.3 Å². The first-order chi connectivity index (χ1) is 13.1. The first-order valence-electron chi connectivity index (χ1n) is 9.24. The number of anilines is 1. The molecule has 2 aromatic rings. The number of carbonyl (C=O) groups excluding carboxylic acids is 1. The molecule has 6 heteroatoms. The van der Waals surface area contributed by atoms with Gasteiger partial charge in [0.1, 0.15) is 5.75 Å². The summed E-state index contributed by atoms with van der Waals surface area (Å²) in [6.45, 7) is 5.60. The summed E-state index contributed by atoms with van der Waals surface area (Å²) in [7, 11) is 0. The van der Waals surface area contributed by atoms with Crippen molar-refractivity contribution in [2.75, 3.05) is 25.0 Å². The quantitative estimate of drug-likeness (QED) is 0.704. The third-order valence-corrected chi connectivity index (χ3v) is 4.04. The molecule has 1 aliphatic heterocycles. The van der Waals surface area contributed by atoms with Gasteiger partial charge in [0.25, 0.3) is 5.91 Å². The van der Waals surface area contributed by atoms with E-state index >= 15 is 0 Å². The molecule has 3 N–H and O–H groups in total. The number of hydrogen-bond acceptors (Lipinski definition) is 5. The standard InChI is InChI=1S/C21H26N4O2/c1-15(2)24-20(26)14-27-19-9-5-17(6-10-19)13-16-3-7-18(8-4-16)25-21-22-11-12-23-21/h3-10,15H,11-14H2,1-2H3,(H,24,26)(H2,22,23,25). The van der Waals surface area contributed by atoms with Gasteiger partial charge in [0.05, 0.1) is 6.54 Å². The van der Waals surface area contributed by atoms with Gasteiger partial charge in [-0.05, 0) is 55.7 Å². The number of carbonyl (C=O) groups is 1. The van der Waals surface area contributed by atoms with E-state index in [9.17, 15) is 4.79 Å². The molecule has 2 aromatic carbocycles. The molecule has 0 atom stereocenters. The van der Waals surface area contributed by atoms with Crippen LogP contribution in [0.3, 0.4) is 0 Å². The van der Waals surface area contributed by atoms with E-state index in [0.29, 0.717) is 5.75 Å². The van der Waals surface area contributed by atoms with E-state index in [0.717, 1.165) is 31.2 Å². The van der Waals surface area contributed by atoms with Gasteiger partial charge in [-0.2, -0.15) is 0 Å². The van der Waals surface area contributed by atoms with E-state index in [1.807, 2.05) is 38.1 Å². The predicted octanol–water partition coefficient (Wildman–Crippen LogP) is 2.55. The third kappa shape index (κ3) is 6.02. The number of nitrogens with one attached hydrogen (secondary N) is 3. The van der Waals surface area contributed by atoms with E-state index < -0.39 is 0 Å². The molecule has 3 rings (SSSR count). The lowest BCUT2D eigenvalue weighted by Gasteiger charge is -2.10. The van der Waals surface area contributed by atoms with Gasteiger partial charge in [-0.15, -0.1) is 0 Å². The van der Waals surface area contributed by atoms with Crippen LogP contribution >= 0.6 is 0 Å². The fourth-order valence-corrected chi connectivity index (χ4v) is 2.78. The van der Waals surface area contributed by atoms with Crippen molar-refractivity contribution in [3.63, 3.8) is 0 Å². The largest absolute Gasteiger partial charge is 0.484 e. The molecule has 27 heavy (non-hydrogen) atoms. The zero-order chi connectivity index (χ0) is 19.1. The van der Waals surface area contributed by atoms with E-state index in [1.165, 1.54) is 11.1 Å². The van der Waals surface area contributed by atoms with Gasteiger partial charge >= 0.3 is 0 Å². The van der Waals surface area contributed by atoms with Crippen molar-refractivity contribution in [2.24, 2.45) is 4.99 Å². The second-order valence-electron chi connectivity index (χ2n) is 6.81. The zero-order valence-corrected chi connectivity index (χ0v) is 15.8. The van der Waals surface area contributed by atoms with E-state index in [2.05, 4.69) is 45.2 Å². The van der Waals surface area contributed by atoms with E-state index in [4.69, 9.17) is 4.74 Å². The number of aliphatic imine (C=N–C) groups is 1. The molecule has 1 amide bonds. The van der Waals surface area contributed by atoms with Crippen LogP contribution in [0.2, 0.25) is 0 Å². The Hall–Kier alpha value is -3.02. The number of nitrogens with zero attached hydrogens (tertiary/aromatic N) is 1. The lowest BCUT2D eigenvalue weighted by Crippen LogP contribution is -2.34. The molecule has 0 saturated carbocycles. The molecule has 0 fully saturated rings. The topological polar surface area (TPSA) is 74.8 Å². The summed E-state index contributed by atoms with van der Waals surface area (Å²) in [5.41, 5.74) is 3.44. The lowest BCUT2D eigenvalue weighted by atomic mass is 10.0. The Balaban J connectivity index is 1.49. The summed E-state index contributed by atoms with van der Waals surface area (Å²) in [6.07, 6.45) is 0.841. The second-order valence-corrected chi connectivity index (χ2v) is 6.81. The second kappa shape index (κ2) is 9.07. The minimum absolute atomic E-state index is 0.0339. The summed E-state index contributed by atoms with van der Waals surface area (Å²) in [5, 5.41) is 9.26. The minimum atomic E-state index is -0.110. The number of guanidine groups is 1. The number of benzene rings is 2.